The molecule has 3 N–H and O–H groups in total. The van der Waals surface area contributed by atoms with E-state index in [-0.39, 0.29) is 11.7 Å². The molecule has 21 heavy (non-hydrogen) atoms. The molecule has 0 spiro atoms. The monoisotopic (exact) mass is 301 g/mol. The van der Waals surface area contributed by atoms with Crippen LogP contribution in [0.15, 0.2) is 36.4 Å². The molecule has 1 aromatic heterocycles. The van der Waals surface area contributed by atoms with E-state index in [2.05, 4.69) is 10.3 Å². The van der Waals surface area contributed by atoms with Crippen molar-refractivity contribution >= 4 is 38.3 Å². The van der Waals surface area contributed by atoms with Gasteiger partial charge in [0.05, 0.1) is 10.2 Å². The van der Waals surface area contributed by atoms with Gasteiger partial charge < -0.3 is 11.1 Å². The summed E-state index contributed by atoms with van der Waals surface area (Å²) in [4.78, 5) is 16.3. The van der Waals surface area contributed by atoms with E-state index in [0.29, 0.717) is 16.4 Å². The first kappa shape index (κ1) is 13.5. The number of halogens is 1. The zero-order valence-electron chi connectivity index (χ0n) is 11.2. The van der Waals surface area contributed by atoms with Gasteiger partial charge in [-0.1, -0.05) is 11.3 Å². The SMILES string of the molecule is Cc1cc(F)cc(NC(=O)c2ccc3nc(N)sc3c2)c1. The Bertz CT molecular complexity index is 824. The molecular weight excluding hydrogens is 289 g/mol. The lowest BCUT2D eigenvalue weighted by Gasteiger charge is -2.06. The fourth-order valence-corrected chi connectivity index (χ4v) is 2.87. The molecule has 0 atom stereocenters. The summed E-state index contributed by atoms with van der Waals surface area (Å²) in [5.41, 5.74) is 8.06. The second kappa shape index (κ2) is 5.14. The second-order valence-corrected chi connectivity index (χ2v) is 5.77. The Morgan fingerprint density at radius 1 is 1.29 bits per heavy atom. The van der Waals surface area contributed by atoms with E-state index >= 15 is 0 Å². The highest BCUT2D eigenvalue weighted by molar-refractivity contribution is 7.22. The lowest BCUT2D eigenvalue weighted by molar-refractivity contribution is 0.102. The maximum absolute atomic E-state index is 13.3. The van der Waals surface area contributed by atoms with Crippen LogP contribution in [-0.2, 0) is 0 Å². The summed E-state index contributed by atoms with van der Waals surface area (Å²) < 4.78 is 14.2. The average molecular weight is 301 g/mol. The van der Waals surface area contributed by atoms with Crippen LogP contribution in [0.3, 0.4) is 0 Å². The molecule has 0 saturated carbocycles. The van der Waals surface area contributed by atoms with Gasteiger partial charge in [0, 0.05) is 11.3 Å². The number of carbonyl (C=O) groups is 1. The van der Waals surface area contributed by atoms with Crippen molar-refractivity contribution in [3.05, 3.63) is 53.3 Å². The van der Waals surface area contributed by atoms with Crippen molar-refractivity contribution in [1.82, 2.24) is 4.98 Å². The lowest BCUT2D eigenvalue weighted by Crippen LogP contribution is -2.12. The zero-order chi connectivity index (χ0) is 15.0. The van der Waals surface area contributed by atoms with Gasteiger partial charge in [0.25, 0.3) is 5.91 Å². The van der Waals surface area contributed by atoms with Crippen LogP contribution < -0.4 is 11.1 Å². The first-order chi connectivity index (χ1) is 10.0. The summed E-state index contributed by atoms with van der Waals surface area (Å²) in [7, 11) is 0. The molecule has 2 aromatic carbocycles. The van der Waals surface area contributed by atoms with Crippen LogP contribution in [0.4, 0.5) is 15.2 Å². The predicted octanol–water partition coefficient (Wildman–Crippen LogP) is 3.58. The fourth-order valence-electron chi connectivity index (χ4n) is 2.10. The number of hydrogen-bond donors (Lipinski definition) is 2. The third-order valence-electron chi connectivity index (χ3n) is 2.97. The standard InChI is InChI=1S/C15H12FN3OS/c1-8-4-10(16)7-11(5-8)18-14(20)9-2-3-12-13(6-9)21-15(17)19-12/h2-7H,1H3,(H2,17,19)(H,18,20). The number of fused-ring (bicyclic) bond motifs is 1. The van der Waals surface area contributed by atoms with Gasteiger partial charge in [-0.05, 0) is 48.9 Å². The lowest BCUT2D eigenvalue weighted by atomic mass is 10.1. The van der Waals surface area contributed by atoms with E-state index in [0.717, 1.165) is 15.8 Å². The molecule has 0 unspecified atom stereocenters. The molecular formula is C15H12FN3OS. The molecule has 3 aromatic rings. The number of benzene rings is 2. The number of nitrogens with zero attached hydrogens (tertiary/aromatic N) is 1. The highest BCUT2D eigenvalue weighted by Crippen LogP contribution is 2.25. The summed E-state index contributed by atoms with van der Waals surface area (Å²) in [5.74, 6) is -0.676. The van der Waals surface area contributed by atoms with Crippen LogP contribution in [0.2, 0.25) is 0 Å². The molecule has 0 saturated heterocycles. The third kappa shape index (κ3) is 2.85. The fraction of sp³-hybridized carbons (Fsp3) is 0.0667. The Balaban J connectivity index is 1.89. The molecule has 1 amide bonds. The van der Waals surface area contributed by atoms with Gasteiger partial charge in [0.1, 0.15) is 5.82 Å². The maximum Gasteiger partial charge on any atom is 0.255 e. The largest absolute Gasteiger partial charge is 0.375 e. The minimum absolute atomic E-state index is 0.297. The highest BCUT2D eigenvalue weighted by Gasteiger charge is 2.10. The number of thiazole rings is 1. The number of nitrogens with two attached hydrogens (primary N) is 1. The van der Waals surface area contributed by atoms with Gasteiger partial charge in [0.2, 0.25) is 0 Å². The quantitative estimate of drug-likeness (QED) is 0.760. The number of aromatic nitrogens is 1. The summed E-state index contributed by atoms with van der Waals surface area (Å²) in [5, 5.41) is 3.15. The number of aryl methyl sites for hydroxylation is 1. The Morgan fingerprint density at radius 2 is 2.10 bits per heavy atom. The number of nitrogen functional groups attached to an aromatic ring is 1. The van der Waals surface area contributed by atoms with Gasteiger partial charge >= 0.3 is 0 Å². The van der Waals surface area contributed by atoms with Gasteiger partial charge in [-0.2, -0.15) is 0 Å². The molecule has 0 bridgehead atoms. The molecule has 3 rings (SSSR count). The zero-order valence-corrected chi connectivity index (χ0v) is 12.0. The third-order valence-corrected chi connectivity index (χ3v) is 3.81. The van der Waals surface area contributed by atoms with Gasteiger partial charge in [-0.3, -0.25) is 4.79 Å². The maximum atomic E-state index is 13.3. The minimum Gasteiger partial charge on any atom is -0.375 e. The molecule has 0 fully saturated rings. The Morgan fingerprint density at radius 3 is 2.86 bits per heavy atom. The van der Waals surface area contributed by atoms with Crippen molar-refractivity contribution in [2.45, 2.75) is 6.92 Å². The van der Waals surface area contributed by atoms with Crippen molar-refractivity contribution in [3.63, 3.8) is 0 Å². The topological polar surface area (TPSA) is 68.0 Å². The first-order valence-corrected chi connectivity index (χ1v) is 7.07. The van der Waals surface area contributed by atoms with E-state index in [1.807, 2.05) is 0 Å². The highest BCUT2D eigenvalue weighted by atomic mass is 32.1. The van der Waals surface area contributed by atoms with Crippen LogP contribution >= 0.6 is 11.3 Å². The number of anilines is 2. The smallest absolute Gasteiger partial charge is 0.255 e. The normalized spacial score (nSPS) is 10.8. The molecule has 1 heterocycles. The Hall–Kier alpha value is -2.47. The van der Waals surface area contributed by atoms with Crippen LogP contribution in [0.5, 0.6) is 0 Å². The van der Waals surface area contributed by atoms with Crippen molar-refractivity contribution in [1.29, 1.82) is 0 Å². The van der Waals surface area contributed by atoms with Crippen LogP contribution in [-0.4, -0.2) is 10.9 Å². The van der Waals surface area contributed by atoms with E-state index < -0.39 is 0 Å². The number of carbonyl (C=O) groups excluding carboxylic acids is 1. The molecule has 6 heteroatoms. The van der Waals surface area contributed by atoms with Gasteiger partial charge in [-0.25, -0.2) is 9.37 Å². The van der Waals surface area contributed by atoms with Crippen LogP contribution in [0.1, 0.15) is 15.9 Å². The molecule has 0 aliphatic carbocycles. The Labute approximate surface area is 124 Å². The number of nitrogens with one attached hydrogen (secondary N) is 1. The minimum atomic E-state index is -0.379. The van der Waals surface area contributed by atoms with Gasteiger partial charge in [-0.15, -0.1) is 0 Å². The number of rotatable bonds is 2. The molecule has 0 aliphatic rings. The van der Waals surface area contributed by atoms with Crippen molar-refractivity contribution < 1.29 is 9.18 Å². The second-order valence-electron chi connectivity index (χ2n) is 4.71. The van der Waals surface area contributed by atoms with Crippen LogP contribution in [0.25, 0.3) is 10.2 Å². The Kier molecular flexibility index (Phi) is 3.31. The summed E-state index contributed by atoms with van der Waals surface area (Å²) in [6, 6.07) is 9.54. The van der Waals surface area contributed by atoms with E-state index in [4.69, 9.17) is 5.73 Å². The first-order valence-electron chi connectivity index (χ1n) is 6.26. The predicted molar refractivity (Wildman–Crippen MR) is 83.1 cm³/mol. The van der Waals surface area contributed by atoms with E-state index in [9.17, 15) is 9.18 Å². The van der Waals surface area contributed by atoms with Gasteiger partial charge in [0.15, 0.2) is 5.13 Å². The summed E-state index contributed by atoms with van der Waals surface area (Å²) in [6.07, 6.45) is 0. The van der Waals surface area contributed by atoms with Crippen molar-refractivity contribution in [2.24, 2.45) is 0 Å². The van der Waals surface area contributed by atoms with E-state index in [1.165, 1.54) is 23.5 Å². The molecule has 4 nitrogen and oxygen atoms in total. The van der Waals surface area contributed by atoms with E-state index in [1.54, 1.807) is 31.2 Å². The van der Waals surface area contributed by atoms with Crippen molar-refractivity contribution in [2.75, 3.05) is 11.1 Å². The number of amides is 1. The summed E-state index contributed by atoms with van der Waals surface area (Å²) >= 11 is 1.32. The average Bonchev–Trinajstić information content (AvgIpc) is 2.76. The molecule has 0 aliphatic heterocycles. The van der Waals surface area contributed by atoms with Crippen LogP contribution in [0, 0.1) is 12.7 Å². The molecule has 0 radical (unpaired) electrons. The van der Waals surface area contributed by atoms with Crippen molar-refractivity contribution in [3.8, 4) is 0 Å². The summed E-state index contributed by atoms with van der Waals surface area (Å²) in [6.45, 7) is 1.77. The molecule has 106 valence electrons. The number of hydrogen-bond acceptors (Lipinski definition) is 4.